The lowest BCUT2D eigenvalue weighted by molar-refractivity contribution is -0.128. The Hall–Kier alpha value is -2.45. The number of carbonyl (C=O) groups excluding carboxylic acids is 1. The molecule has 9 heteroatoms. The van der Waals surface area contributed by atoms with Gasteiger partial charge in [0.25, 0.3) is 0 Å². The number of halogens is 1. The summed E-state index contributed by atoms with van der Waals surface area (Å²) in [4.78, 5) is 17.0. The Morgan fingerprint density at radius 2 is 1.97 bits per heavy atom. The van der Waals surface area contributed by atoms with Crippen LogP contribution in [0.3, 0.4) is 0 Å². The van der Waals surface area contributed by atoms with Gasteiger partial charge in [0, 0.05) is 43.4 Å². The molecule has 0 aliphatic carbocycles. The van der Waals surface area contributed by atoms with E-state index in [0.717, 1.165) is 35.5 Å². The Bertz CT molecular complexity index is 1010. The summed E-state index contributed by atoms with van der Waals surface area (Å²) >= 11 is 7.54. The third-order valence-corrected chi connectivity index (χ3v) is 6.32. The first-order chi connectivity index (χ1) is 15.0. The fraction of sp³-hybridized carbons (Fsp3) is 0.409. The van der Waals surface area contributed by atoms with Crippen LogP contribution in [0.5, 0.6) is 0 Å². The lowest BCUT2D eigenvalue weighted by atomic mass is 10.2. The first-order valence-corrected chi connectivity index (χ1v) is 11.8. The molecule has 1 fully saturated rings. The van der Waals surface area contributed by atoms with Crippen molar-refractivity contribution >= 4 is 35.0 Å². The van der Waals surface area contributed by atoms with Gasteiger partial charge in [0.2, 0.25) is 5.91 Å². The molecule has 0 saturated carbocycles. The van der Waals surface area contributed by atoms with E-state index >= 15 is 0 Å². The summed E-state index contributed by atoms with van der Waals surface area (Å²) in [6.45, 7) is 8.03. The number of thioether (sulfide) groups is 1. The number of benzene rings is 1. The Kier molecular flexibility index (Phi) is 6.87. The second-order valence-electron chi connectivity index (χ2n) is 7.92. The highest BCUT2D eigenvalue weighted by molar-refractivity contribution is 7.99. The van der Waals surface area contributed by atoms with Gasteiger partial charge < -0.3 is 14.2 Å². The number of hydrogen-bond donors (Lipinski definition) is 0. The van der Waals surface area contributed by atoms with E-state index in [9.17, 15) is 4.79 Å². The predicted molar refractivity (Wildman–Crippen MR) is 124 cm³/mol. The van der Waals surface area contributed by atoms with Gasteiger partial charge in [-0.1, -0.05) is 43.3 Å². The summed E-state index contributed by atoms with van der Waals surface area (Å²) in [6, 6.07) is 11.6. The van der Waals surface area contributed by atoms with Crippen molar-refractivity contribution in [3.63, 3.8) is 0 Å². The molecule has 7 nitrogen and oxygen atoms in total. The second-order valence-corrected chi connectivity index (χ2v) is 9.30. The number of aromatic nitrogens is 3. The van der Waals surface area contributed by atoms with Gasteiger partial charge in [-0.2, -0.15) is 0 Å². The number of carbonyl (C=O) groups is 1. The molecule has 164 valence electrons. The molecule has 3 aromatic rings. The first kappa shape index (κ1) is 21.8. The van der Waals surface area contributed by atoms with Crippen molar-refractivity contribution in [3.05, 3.63) is 47.7 Å². The SMILES string of the molecule is CC(C)Cn1c(SCC(=O)N2CCN(c3cccc(Cl)c3)CC2)nnc1-c1ccco1. The van der Waals surface area contributed by atoms with Crippen LogP contribution in [0.25, 0.3) is 11.6 Å². The van der Waals surface area contributed by atoms with E-state index in [1.54, 1.807) is 6.26 Å². The van der Waals surface area contributed by atoms with Gasteiger partial charge in [-0.25, -0.2) is 0 Å². The lowest BCUT2D eigenvalue weighted by Crippen LogP contribution is -2.49. The van der Waals surface area contributed by atoms with E-state index in [4.69, 9.17) is 16.0 Å². The van der Waals surface area contributed by atoms with Gasteiger partial charge in [-0.3, -0.25) is 9.36 Å². The van der Waals surface area contributed by atoms with Crippen molar-refractivity contribution < 1.29 is 9.21 Å². The number of furan rings is 1. The topological polar surface area (TPSA) is 67.4 Å². The van der Waals surface area contributed by atoms with Gasteiger partial charge in [-0.05, 0) is 36.2 Å². The van der Waals surface area contributed by atoms with Crippen LogP contribution in [0, 0.1) is 5.92 Å². The van der Waals surface area contributed by atoms with E-state index in [1.807, 2.05) is 39.8 Å². The molecule has 31 heavy (non-hydrogen) atoms. The molecule has 0 spiro atoms. The maximum Gasteiger partial charge on any atom is 0.233 e. The van der Waals surface area contributed by atoms with Crippen molar-refractivity contribution in [2.24, 2.45) is 5.92 Å². The van der Waals surface area contributed by atoms with Crippen molar-refractivity contribution in [2.45, 2.75) is 25.5 Å². The molecule has 1 aliphatic heterocycles. The van der Waals surface area contributed by atoms with Gasteiger partial charge in [0.1, 0.15) is 0 Å². The monoisotopic (exact) mass is 459 g/mol. The van der Waals surface area contributed by atoms with Crippen molar-refractivity contribution in [3.8, 4) is 11.6 Å². The number of hydrogen-bond acceptors (Lipinski definition) is 6. The molecule has 1 aliphatic rings. The highest BCUT2D eigenvalue weighted by Crippen LogP contribution is 2.26. The standard InChI is InChI=1S/C22H26ClN5O2S/c1-16(2)14-28-21(19-7-4-12-30-19)24-25-22(28)31-15-20(29)27-10-8-26(9-11-27)18-6-3-5-17(23)13-18/h3-7,12-13,16H,8-11,14-15H2,1-2H3. The third-order valence-electron chi connectivity index (χ3n) is 5.14. The zero-order chi connectivity index (χ0) is 21.8. The second kappa shape index (κ2) is 9.78. The number of piperazine rings is 1. The molecule has 3 heterocycles. The molecule has 0 radical (unpaired) electrons. The van der Waals surface area contributed by atoms with E-state index in [0.29, 0.717) is 36.3 Å². The minimum absolute atomic E-state index is 0.120. The average molecular weight is 460 g/mol. The van der Waals surface area contributed by atoms with Gasteiger partial charge in [0.05, 0.1) is 12.0 Å². The number of rotatable bonds is 7. The molecule has 0 atom stereocenters. The lowest BCUT2D eigenvalue weighted by Gasteiger charge is -2.36. The smallest absolute Gasteiger partial charge is 0.233 e. The first-order valence-electron chi connectivity index (χ1n) is 10.4. The van der Waals surface area contributed by atoms with Crippen LogP contribution < -0.4 is 4.90 Å². The molecule has 0 N–H and O–H groups in total. The average Bonchev–Trinajstić information content (AvgIpc) is 3.42. The Labute approximate surface area is 191 Å². The Morgan fingerprint density at radius 3 is 2.65 bits per heavy atom. The zero-order valence-electron chi connectivity index (χ0n) is 17.7. The highest BCUT2D eigenvalue weighted by atomic mass is 35.5. The summed E-state index contributed by atoms with van der Waals surface area (Å²) in [5.74, 6) is 2.26. The third kappa shape index (κ3) is 5.25. The summed E-state index contributed by atoms with van der Waals surface area (Å²) in [7, 11) is 0. The molecular formula is C22H26ClN5O2S. The van der Waals surface area contributed by atoms with Crippen LogP contribution in [-0.4, -0.2) is 57.5 Å². The summed E-state index contributed by atoms with van der Waals surface area (Å²) in [5.41, 5.74) is 1.10. The van der Waals surface area contributed by atoms with Crippen molar-refractivity contribution in [1.29, 1.82) is 0 Å². The summed E-state index contributed by atoms with van der Waals surface area (Å²) < 4.78 is 7.55. The minimum Gasteiger partial charge on any atom is -0.461 e. The van der Waals surface area contributed by atoms with Crippen LogP contribution in [0.2, 0.25) is 5.02 Å². The largest absolute Gasteiger partial charge is 0.461 e. The minimum atomic E-state index is 0.120. The van der Waals surface area contributed by atoms with Gasteiger partial charge in [0.15, 0.2) is 16.7 Å². The molecule has 1 aromatic carbocycles. The number of anilines is 1. The molecule has 2 aromatic heterocycles. The Morgan fingerprint density at radius 1 is 1.16 bits per heavy atom. The molecule has 4 rings (SSSR count). The van der Waals surface area contributed by atoms with Crippen LogP contribution in [-0.2, 0) is 11.3 Å². The van der Waals surface area contributed by atoms with Crippen LogP contribution >= 0.6 is 23.4 Å². The van der Waals surface area contributed by atoms with Crippen LogP contribution in [0.15, 0.2) is 52.2 Å². The summed E-state index contributed by atoms with van der Waals surface area (Å²) in [5, 5.41) is 10.1. The number of amides is 1. The number of nitrogens with zero attached hydrogens (tertiary/aromatic N) is 5. The molecular weight excluding hydrogens is 434 g/mol. The van der Waals surface area contributed by atoms with Crippen LogP contribution in [0.4, 0.5) is 5.69 Å². The van der Waals surface area contributed by atoms with Gasteiger partial charge >= 0.3 is 0 Å². The van der Waals surface area contributed by atoms with E-state index in [2.05, 4.69) is 35.0 Å². The molecule has 1 saturated heterocycles. The fourth-order valence-electron chi connectivity index (χ4n) is 3.62. The van der Waals surface area contributed by atoms with E-state index in [1.165, 1.54) is 11.8 Å². The van der Waals surface area contributed by atoms with E-state index < -0.39 is 0 Å². The zero-order valence-corrected chi connectivity index (χ0v) is 19.3. The van der Waals surface area contributed by atoms with E-state index in [-0.39, 0.29) is 5.91 Å². The molecule has 1 amide bonds. The normalized spacial score (nSPS) is 14.5. The Balaban J connectivity index is 1.36. The van der Waals surface area contributed by atoms with Crippen molar-refractivity contribution in [1.82, 2.24) is 19.7 Å². The predicted octanol–water partition coefficient (Wildman–Crippen LogP) is 4.29. The quantitative estimate of drug-likeness (QED) is 0.491. The van der Waals surface area contributed by atoms with Crippen LogP contribution in [0.1, 0.15) is 13.8 Å². The fourth-order valence-corrected chi connectivity index (χ4v) is 4.65. The highest BCUT2D eigenvalue weighted by Gasteiger charge is 2.23. The van der Waals surface area contributed by atoms with Crippen molar-refractivity contribution in [2.75, 3.05) is 36.8 Å². The van der Waals surface area contributed by atoms with Gasteiger partial charge in [-0.15, -0.1) is 10.2 Å². The maximum atomic E-state index is 12.8. The molecule has 0 unspecified atom stereocenters. The molecule has 0 bridgehead atoms. The summed E-state index contributed by atoms with van der Waals surface area (Å²) in [6.07, 6.45) is 1.63. The maximum absolute atomic E-state index is 12.8.